The molecule has 13 heavy (non-hydrogen) atoms. The lowest BCUT2D eigenvalue weighted by Gasteiger charge is -2.06. The van der Waals surface area contributed by atoms with Gasteiger partial charge in [0.05, 0.1) is 0 Å². The van der Waals surface area contributed by atoms with Crippen LogP contribution >= 0.6 is 0 Å². The lowest BCUT2D eigenvalue weighted by Crippen LogP contribution is -2.08. The van der Waals surface area contributed by atoms with E-state index in [2.05, 4.69) is 16.5 Å². The zero-order valence-electron chi connectivity index (χ0n) is 8.23. The number of hydrogen-bond donors (Lipinski definition) is 0. The zero-order chi connectivity index (χ0) is 9.68. The van der Waals surface area contributed by atoms with Crippen LogP contribution in [0.4, 0.5) is 0 Å². The minimum atomic E-state index is 0.0676. The van der Waals surface area contributed by atoms with Gasteiger partial charge in [-0.3, -0.25) is 0 Å². The molecule has 0 aliphatic carbocycles. The van der Waals surface area contributed by atoms with E-state index in [0.717, 1.165) is 31.5 Å². The van der Waals surface area contributed by atoms with E-state index < -0.39 is 0 Å². The van der Waals surface area contributed by atoms with Crippen LogP contribution in [0.25, 0.3) is 0 Å². The Morgan fingerprint density at radius 1 is 1.69 bits per heavy atom. The Labute approximate surface area is 78.8 Å². The van der Waals surface area contributed by atoms with Gasteiger partial charge < -0.3 is 9.36 Å². The second-order valence-corrected chi connectivity index (χ2v) is 3.35. The molecule has 0 aliphatic rings. The first kappa shape index (κ1) is 9.96. The molecule has 0 aliphatic heterocycles. The van der Waals surface area contributed by atoms with Gasteiger partial charge in [0.25, 0.3) is 0 Å². The summed E-state index contributed by atoms with van der Waals surface area (Å²) in [6, 6.07) is 0. The van der Waals surface area contributed by atoms with Crippen molar-refractivity contribution >= 4 is 6.29 Å². The van der Waals surface area contributed by atoms with Crippen molar-refractivity contribution in [3.05, 3.63) is 18.2 Å². The number of hydrogen-bond acceptors (Lipinski definition) is 2. The van der Waals surface area contributed by atoms with Gasteiger partial charge in [-0.15, -0.1) is 0 Å². The summed E-state index contributed by atoms with van der Waals surface area (Å²) in [5, 5.41) is 0. The maximum atomic E-state index is 10.5. The van der Waals surface area contributed by atoms with Gasteiger partial charge >= 0.3 is 0 Å². The quantitative estimate of drug-likeness (QED) is 0.646. The first-order valence-corrected chi connectivity index (χ1v) is 4.73. The van der Waals surface area contributed by atoms with Crippen molar-refractivity contribution in [2.45, 2.75) is 33.2 Å². The van der Waals surface area contributed by atoms with E-state index in [1.54, 1.807) is 6.20 Å². The minimum absolute atomic E-state index is 0.0676. The second kappa shape index (κ2) is 4.80. The number of carbonyl (C=O) groups is 1. The van der Waals surface area contributed by atoms with Crippen LogP contribution in [0.2, 0.25) is 0 Å². The number of aryl methyl sites for hydroxylation is 1. The Morgan fingerprint density at radius 3 is 3.08 bits per heavy atom. The summed E-state index contributed by atoms with van der Waals surface area (Å²) in [6.07, 6.45) is 6.58. The number of carbonyl (C=O) groups excluding carboxylic acids is 1. The van der Waals surface area contributed by atoms with Gasteiger partial charge in [0.15, 0.2) is 0 Å². The zero-order valence-corrected chi connectivity index (χ0v) is 8.23. The van der Waals surface area contributed by atoms with Crippen molar-refractivity contribution in [1.29, 1.82) is 0 Å². The highest BCUT2D eigenvalue weighted by Crippen LogP contribution is 2.05. The Morgan fingerprint density at radius 2 is 2.46 bits per heavy atom. The summed E-state index contributed by atoms with van der Waals surface area (Å²) in [5.41, 5.74) is 0. The van der Waals surface area contributed by atoms with Crippen molar-refractivity contribution < 1.29 is 4.79 Å². The fraction of sp³-hybridized carbons (Fsp3) is 0.600. The largest absolute Gasteiger partial charge is 0.335 e. The topological polar surface area (TPSA) is 34.9 Å². The maximum Gasteiger partial charge on any atom is 0.123 e. The van der Waals surface area contributed by atoms with Gasteiger partial charge in [0, 0.05) is 31.3 Å². The van der Waals surface area contributed by atoms with Crippen LogP contribution in [-0.2, 0) is 17.8 Å². The maximum absolute atomic E-state index is 10.5. The van der Waals surface area contributed by atoms with Gasteiger partial charge in [-0.05, 0) is 6.42 Å². The van der Waals surface area contributed by atoms with Crippen LogP contribution in [0.5, 0.6) is 0 Å². The molecular formula is C10H16N2O. The van der Waals surface area contributed by atoms with E-state index in [4.69, 9.17) is 0 Å². The van der Waals surface area contributed by atoms with Gasteiger partial charge in [-0.2, -0.15) is 0 Å². The van der Waals surface area contributed by atoms with Gasteiger partial charge in [0.1, 0.15) is 12.1 Å². The van der Waals surface area contributed by atoms with E-state index in [1.165, 1.54) is 0 Å². The van der Waals surface area contributed by atoms with Crippen molar-refractivity contribution in [3.63, 3.8) is 0 Å². The number of nitrogens with zero attached hydrogens (tertiary/aromatic N) is 2. The highest BCUT2D eigenvalue weighted by molar-refractivity contribution is 5.53. The fourth-order valence-electron chi connectivity index (χ4n) is 1.31. The molecule has 0 fully saturated rings. The first-order chi connectivity index (χ1) is 6.27. The second-order valence-electron chi connectivity index (χ2n) is 3.35. The third kappa shape index (κ3) is 2.68. The molecule has 0 aromatic carbocycles. The summed E-state index contributed by atoms with van der Waals surface area (Å²) in [5.74, 6) is 1.08. The summed E-state index contributed by atoms with van der Waals surface area (Å²) in [6.45, 7) is 5.03. The van der Waals surface area contributed by atoms with Crippen molar-refractivity contribution in [1.82, 2.24) is 9.55 Å². The van der Waals surface area contributed by atoms with E-state index in [1.807, 2.05) is 13.1 Å². The minimum Gasteiger partial charge on any atom is -0.335 e. The smallest absolute Gasteiger partial charge is 0.123 e. The molecule has 72 valence electrons. The van der Waals surface area contributed by atoms with Crippen LogP contribution in [-0.4, -0.2) is 15.8 Å². The van der Waals surface area contributed by atoms with Gasteiger partial charge in [-0.25, -0.2) is 4.98 Å². The molecule has 0 saturated carbocycles. The van der Waals surface area contributed by atoms with Crippen molar-refractivity contribution in [2.75, 3.05) is 0 Å². The third-order valence-corrected chi connectivity index (χ3v) is 2.00. The Bertz CT molecular complexity index is 268. The predicted molar refractivity (Wildman–Crippen MR) is 51.5 cm³/mol. The summed E-state index contributed by atoms with van der Waals surface area (Å²) in [4.78, 5) is 14.7. The van der Waals surface area contributed by atoms with Gasteiger partial charge in [-0.1, -0.05) is 13.8 Å². The summed E-state index contributed by atoms with van der Waals surface area (Å²) >= 11 is 0. The average molecular weight is 180 g/mol. The van der Waals surface area contributed by atoms with Crippen LogP contribution in [0, 0.1) is 5.92 Å². The van der Waals surface area contributed by atoms with E-state index in [0.29, 0.717) is 0 Å². The van der Waals surface area contributed by atoms with E-state index in [-0.39, 0.29) is 5.92 Å². The standard InChI is InChI=1S/C10H16N2O/c1-3-5-12-6-4-11-10(12)7-9(2)8-13/h4,6,8-9H,3,5,7H2,1-2H3. The number of rotatable bonds is 5. The lowest BCUT2D eigenvalue weighted by atomic mass is 10.1. The third-order valence-electron chi connectivity index (χ3n) is 2.00. The molecule has 0 saturated heterocycles. The van der Waals surface area contributed by atoms with Crippen molar-refractivity contribution in [2.24, 2.45) is 5.92 Å². The highest BCUT2D eigenvalue weighted by Gasteiger charge is 2.06. The molecule has 1 heterocycles. The molecule has 3 heteroatoms. The van der Waals surface area contributed by atoms with Gasteiger partial charge in [0.2, 0.25) is 0 Å². The fourth-order valence-corrected chi connectivity index (χ4v) is 1.31. The molecule has 1 aromatic rings. The Kier molecular flexibility index (Phi) is 3.68. The van der Waals surface area contributed by atoms with Crippen LogP contribution in [0.15, 0.2) is 12.4 Å². The van der Waals surface area contributed by atoms with Crippen LogP contribution < -0.4 is 0 Å². The molecular weight excluding hydrogens is 164 g/mol. The summed E-state index contributed by atoms with van der Waals surface area (Å²) < 4.78 is 2.11. The molecule has 0 radical (unpaired) electrons. The molecule has 0 spiro atoms. The molecule has 1 aromatic heterocycles. The molecule has 1 unspecified atom stereocenters. The Balaban J connectivity index is 2.64. The van der Waals surface area contributed by atoms with Crippen molar-refractivity contribution in [3.8, 4) is 0 Å². The summed E-state index contributed by atoms with van der Waals surface area (Å²) in [7, 11) is 0. The highest BCUT2D eigenvalue weighted by atomic mass is 16.1. The molecule has 0 amide bonds. The first-order valence-electron chi connectivity index (χ1n) is 4.73. The monoisotopic (exact) mass is 180 g/mol. The average Bonchev–Trinajstić information content (AvgIpc) is 2.54. The normalized spacial score (nSPS) is 12.8. The van der Waals surface area contributed by atoms with Crippen LogP contribution in [0.1, 0.15) is 26.1 Å². The SMILES string of the molecule is CCCn1ccnc1CC(C)C=O. The number of aldehydes is 1. The predicted octanol–water partition coefficient (Wildman–Crippen LogP) is 1.67. The lowest BCUT2D eigenvalue weighted by molar-refractivity contribution is -0.110. The van der Waals surface area contributed by atoms with E-state index in [9.17, 15) is 4.79 Å². The molecule has 1 atom stereocenters. The van der Waals surface area contributed by atoms with Crippen LogP contribution in [0.3, 0.4) is 0 Å². The molecule has 3 nitrogen and oxygen atoms in total. The molecule has 0 bridgehead atoms. The number of imidazole rings is 1. The molecule has 1 rings (SSSR count). The number of aromatic nitrogens is 2. The van der Waals surface area contributed by atoms with E-state index >= 15 is 0 Å². The molecule has 0 N–H and O–H groups in total. The Hall–Kier alpha value is -1.12.